The zero-order valence-electron chi connectivity index (χ0n) is 17.4. The Kier molecular flexibility index (Phi) is 6.52. The second-order valence-corrected chi connectivity index (χ2v) is 7.75. The highest BCUT2D eigenvalue weighted by Crippen LogP contribution is 2.45. The molecule has 0 radical (unpaired) electrons. The second kappa shape index (κ2) is 8.90. The molecule has 0 aliphatic carbocycles. The van der Waals surface area contributed by atoms with E-state index in [0.29, 0.717) is 47.6 Å². The van der Waals surface area contributed by atoms with Crippen LogP contribution in [0, 0.1) is 0 Å². The Morgan fingerprint density at radius 2 is 1.86 bits per heavy atom. The smallest absolute Gasteiger partial charge is 0.338 e. The van der Waals surface area contributed by atoms with Crippen molar-refractivity contribution in [2.24, 2.45) is 4.99 Å². The lowest BCUT2D eigenvalue weighted by molar-refractivity contribution is -0.137. The summed E-state index contributed by atoms with van der Waals surface area (Å²) in [6.45, 7) is 8.51. The average Bonchev–Trinajstić information content (AvgIpc) is 3.03. The van der Waals surface area contributed by atoms with Crippen molar-refractivity contribution in [1.29, 1.82) is 0 Å². The number of ether oxygens (including phenoxy) is 3. The number of carbonyl (C=O) groups excluding carboxylic acids is 2. The standard InChI is InChI=1S/C21H26N2O5S/c1-6-16-19(24)23-18(17(20(25)26-5)12(4)22-21(23)29-16)13-9-10-14(27-7-2)15(11-13)28-8-3/h9-11,16,18H,6-8H2,1-5H3. The van der Waals surface area contributed by atoms with E-state index in [4.69, 9.17) is 14.2 Å². The molecule has 2 atom stereocenters. The monoisotopic (exact) mass is 418 g/mol. The van der Waals surface area contributed by atoms with Crippen LogP contribution in [0.15, 0.2) is 34.5 Å². The first-order valence-corrected chi connectivity index (χ1v) is 10.6. The van der Waals surface area contributed by atoms with Crippen LogP contribution < -0.4 is 9.47 Å². The van der Waals surface area contributed by atoms with Gasteiger partial charge in [-0.25, -0.2) is 9.79 Å². The number of fused-ring (bicyclic) bond motifs is 1. The number of hydrogen-bond acceptors (Lipinski definition) is 7. The van der Waals surface area contributed by atoms with E-state index in [2.05, 4.69) is 4.99 Å². The number of nitrogens with zero attached hydrogens (tertiary/aromatic N) is 2. The molecular formula is C21H26N2O5S. The first kappa shape index (κ1) is 21.2. The number of amidine groups is 1. The van der Waals surface area contributed by atoms with Crippen LogP contribution in [-0.4, -0.2) is 47.5 Å². The summed E-state index contributed by atoms with van der Waals surface area (Å²) in [7, 11) is 1.33. The van der Waals surface area contributed by atoms with E-state index in [-0.39, 0.29) is 11.2 Å². The van der Waals surface area contributed by atoms with Gasteiger partial charge >= 0.3 is 5.97 Å². The number of allylic oxidation sites excluding steroid dienone is 1. The van der Waals surface area contributed by atoms with E-state index in [0.717, 1.165) is 5.56 Å². The van der Waals surface area contributed by atoms with Gasteiger partial charge in [-0.15, -0.1) is 0 Å². The summed E-state index contributed by atoms with van der Waals surface area (Å²) in [5, 5.41) is 0.402. The lowest BCUT2D eigenvalue weighted by atomic mass is 9.94. The summed E-state index contributed by atoms with van der Waals surface area (Å²) >= 11 is 1.44. The maximum atomic E-state index is 13.1. The molecule has 0 spiro atoms. The molecule has 29 heavy (non-hydrogen) atoms. The molecule has 1 saturated heterocycles. The van der Waals surface area contributed by atoms with Crippen molar-refractivity contribution in [2.75, 3.05) is 20.3 Å². The van der Waals surface area contributed by atoms with Gasteiger partial charge in [0.05, 0.1) is 42.9 Å². The molecule has 0 N–H and O–H groups in total. The molecule has 1 aromatic rings. The zero-order valence-corrected chi connectivity index (χ0v) is 18.2. The van der Waals surface area contributed by atoms with Crippen LogP contribution in [0.3, 0.4) is 0 Å². The predicted molar refractivity (Wildman–Crippen MR) is 112 cm³/mol. The first-order chi connectivity index (χ1) is 14.0. The van der Waals surface area contributed by atoms with E-state index < -0.39 is 12.0 Å². The fourth-order valence-corrected chi connectivity index (χ4v) is 4.65. The first-order valence-electron chi connectivity index (χ1n) is 9.73. The lowest BCUT2D eigenvalue weighted by Gasteiger charge is -2.33. The number of amides is 1. The summed E-state index contributed by atoms with van der Waals surface area (Å²) in [6, 6.07) is 4.87. The number of aliphatic imine (C=N–C) groups is 1. The summed E-state index contributed by atoms with van der Waals surface area (Å²) in [5.41, 5.74) is 1.65. The van der Waals surface area contributed by atoms with Crippen LogP contribution in [0.4, 0.5) is 0 Å². The fraction of sp³-hybridized carbons (Fsp3) is 0.476. The number of carbonyl (C=O) groups is 2. The molecule has 1 aromatic carbocycles. The fourth-order valence-electron chi connectivity index (χ4n) is 3.51. The lowest BCUT2D eigenvalue weighted by Crippen LogP contribution is -2.40. The van der Waals surface area contributed by atoms with Gasteiger partial charge in [-0.2, -0.15) is 0 Å². The third kappa shape index (κ3) is 3.85. The van der Waals surface area contributed by atoms with E-state index in [1.165, 1.54) is 18.9 Å². The Hall–Kier alpha value is -2.48. The van der Waals surface area contributed by atoms with Crippen LogP contribution >= 0.6 is 11.8 Å². The van der Waals surface area contributed by atoms with Gasteiger partial charge in [0, 0.05) is 0 Å². The highest BCUT2D eigenvalue weighted by molar-refractivity contribution is 8.15. The van der Waals surface area contributed by atoms with Crippen molar-refractivity contribution >= 4 is 28.8 Å². The molecular weight excluding hydrogens is 392 g/mol. The molecule has 0 aromatic heterocycles. The van der Waals surface area contributed by atoms with Gasteiger partial charge in [0.2, 0.25) is 5.91 Å². The molecule has 1 amide bonds. The van der Waals surface area contributed by atoms with Crippen LogP contribution in [0.1, 0.15) is 45.7 Å². The Bertz CT molecular complexity index is 880. The van der Waals surface area contributed by atoms with Crippen LogP contribution in [0.5, 0.6) is 11.5 Å². The second-order valence-electron chi connectivity index (χ2n) is 6.58. The third-order valence-electron chi connectivity index (χ3n) is 4.81. The highest BCUT2D eigenvalue weighted by atomic mass is 32.2. The summed E-state index contributed by atoms with van der Waals surface area (Å²) < 4.78 is 16.4. The van der Waals surface area contributed by atoms with Crippen LogP contribution in [0.25, 0.3) is 0 Å². The minimum absolute atomic E-state index is 0.0537. The largest absolute Gasteiger partial charge is 0.490 e. The maximum absolute atomic E-state index is 13.1. The van der Waals surface area contributed by atoms with Crippen molar-refractivity contribution in [3.63, 3.8) is 0 Å². The molecule has 0 saturated carbocycles. The van der Waals surface area contributed by atoms with E-state index in [1.54, 1.807) is 11.8 Å². The van der Waals surface area contributed by atoms with Gasteiger partial charge in [-0.05, 0) is 44.9 Å². The molecule has 7 nitrogen and oxygen atoms in total. The number of thioether (sulfide) groups is 1. The SMILES string of the molecule is CCOc1ccc(C2C(C(=O)OC)=C(C)N=C3SC(CC)C(=O)N32)cc1OCC. The van der Waals surface area contributed by atoms with Gasteiger partial charge in [0.1, 0.15) is 0 Å². The summed E-state index contributed by atoms with van der Waals surface area (Å²) in [5.74, 6) is 0.641. The number of benzene rings is 1. The summed E-state index contributed by atoms with van der Waals surface area (Å²) in [4.78, 5) is 31.9. The number of esters is 1. The van der Waals surface area contributed by atoms with Crippen LogP contribution in [0.2, 0.25) is 0 Å². The van der Waals surface area contributed by atoms with Gasteiger partial charge < -0.3 is 14.2 Å². The minimum atomic E-state index is -0.624. The maximum Gasteiger partial charge on any atom is 0.338 e. The molecule has 2 aliphatic rings. The predicted octanol–water partition coefficient (Wildman–Crippen LogP) is 3.70. The average molecular weight is 419 g/mol. The van der Waals surface area contributed by atoms with Crippen molar-refractivity contribution in [3.8, 4) is 11.5 Å². The van der Waals surface area contributed by atoms with Crippen molar-refractivity contribution in [2.45, 2.75) is 45.4 Å². The topological polar surface area (TPSA) is 77.4 Å². The summed E-state index contributed by atoms with van der Waals surface area (Å²) in [6.07, 6.45) is 0.686. The Balaban J connectivity index is 2.15. The third-order valence-corrected chi connectivity index (χ3v) is 6.13. The van der Waals surface area contributed by atoms with Crippen LogP contribution in [-0.2, 0) is 14.3 Å². The molecule has 2 aliphatic heterocycles. The van der Waals surface area contributed by atoms with E-state index in [9.17, 15) is 9.59 Å². The Morgan fingerprint density at radius 1 is 1.17 bits per heavy atom. The molecule has 156 valence electrons. The zero-order chi connectivity index (χ0) is 21.1. The Morgan fingerprint density at radius 3 is 2.48 bits per heavy atom. The van der Waals surface area contributed by atoms with Crippen molar-refractivity contribution in [3.05, 3.63) is 35.0 Å². The molecule has 0 bridgehead atoms. The van der Waals surface area contributed by atoms with Gasteiger partial charge in [-0.1, -0.05) is 24.8 Å². The van der Waals surface area contributed by atoms with Gasteiger partial charge in [0.25, 0.3) is 0 Å². The van der Waals surface area contributed by atoms with E-state index in [1.807, 2.05) is 39.0 Å². The van der Waals surface area contributed by atoms with Crippen molar-refractivity contribution < 1.29 is 23.8 Å². The molecule has 8 heteroatoms. The molecule has 2 heterocycles. The number of methoxy groups -OCH3 is 1. The minimum Gasteiger partial charge on any atom is -0.490 e. The van der Waals surface area contributed by atoms with Gasteiger partial charge in [0.15, 0.2) is 16.7 Å². The van der Waals surface area contributed by atoms with Gasteiger partial charge in [-0.3, -0.25) is 9.69 Å². The molecule has 2 unspecified atom stereocenters. The normalized spacial score (nSPS) is 21.1. The molecule has 3 rings (SSSR count). The quantitative estimate of drug-likeness (QED) is 0.629. The highest BCUT2D eigenvalue weighted by Gasteiger charge is 2.47. The Labute approximate surface area is 175 Å². The number of hydrogen-bond donors (Lipinski definition) is 0. The number of rotatable bonds is 7. The molecule has 1 fully saturated rings. The van der Waals surface area contributed by atoms with Crippen molar-refractivity contribution in [1.82, 2.24) is 4.90 Å². The van der Waals surface area contributed by atoms with E-state index >= 15 is 0 Å².